The largest absolute Gasteiger partial charge is 0.310 e. The highest BCUT2D eigenvalue weighted by Crippen LogP contribution is 2.16. The highest BCUT2D eigenvalue weighted by atomic mass is 32.2. The van der Waals surface area contributed by atoms with Gasteiger partial charge in [0.25, 0.3) is 0 Å². The monoisotopic (exact) mass is 308 g/mol. The van der Waals surface area contributed by atoms with Crippen molar-refractivity contribution in [2.45, 2.75) is 24.3 Å². The summed E-state index contributed by atoms with van der Waals surface area (Å²) in [4.78, 5) is 0.137. The lowest BCUT2D eigenvalue weighted by molar-refractivity contribution is 0.569. The van der Waals surface area contributed by atoms with Crippen molar-refractivity contribution in [2.75, 3.05) is 6.54 Å². The molecule has 0 fully saturated rings. The predicted molar refractivity (Wildman–Crippen MR) is 81.1 cm³/mol. The average molecular weight is 308 g/mol. The molecule has 114 valence electrons. The number of aryl methyl sites for hydroxylation is 1. The molecule has 3 N–H and O–H groups in total. The number of aromatic nitrogens is 2. The standard InChI is InChI=1S/C14H20N4O2S/c1-11(16-8-6-13-7-9-18(2)17-13)12-4-3-5-14(10-12)21(15,19)20/h3-5,7,9-11,16H,6,8H2,1-2H3,(H2,15,19,20). The van der Waals surface area contributed by atoms with Gasteiger partial charge < -0.3 is 5.32 Å². The minimum absolute atomic E-state index is 0.0374. The van der Waals surface area contributed by atoms with E-state index >= 15 is 0 Å². The highest BCUT2D eigenvalue weighted by molar-refractivity contribution is 7.89. The van der Waals surface area contributed by atoms with Crippen molar-refractivity contribution in [1.29, 1.82) is 0 Å². The fraction of sp³-hybridized carbons (Fsp3) is 0.357. The van der Waals surface area contributed by atoms with Crippen LogP contribution in [0.5, 0.6) is 0 Å². The molecular formula is C14H20N4O2S. The minimum Gasteiger partial charge on any atom is -0.310 e. The van der Waals surface area contributed by atoms with Crippen molar-refractivity contribution in [1.82, 2.24) is 15.1 Å². The second kappa shape index (κ2) is 6.38. The summed E-state index contributed by atoms with van der Waals surface area (Å²) in [6.45, 7) is 2.75. The minimum atomic E-state index is -3.66. The summed E-state index contributed by atoms with van der Waals surface area (Å²) in [6, 6.07) is 8.70. The molecule has 2 rings (SSSR count). The highest BCUT2D eigenvalue weighted by Gasteiger charge is 2.11. The van der Waals surface area contributed by atoms with Crippen LogP contribution in [0.25, 0.3) is 0 Å². The Bertz CT molecular complexity index is 709. The van der Waals surface area contributed by atoms with E-state index in [0.29, 0.717) is 0 Å². The molecule has 1 aromatic heterocycles. The summed E-state index contributed by atoms with van der Waals surface area (Å²) in [7, 11) is -1.77. The van der Waals surface area contributed by atoms with Crippen LogP contribution in [-0.4, -0.2) is 24.7 Å². The van der Waals surface area contributed by atoms with Gasteiger partial charge in [-0.25, -0.2) is 13.6 Å². The molecule has 0 amide bonds. The Morgan fingerprint density at radius 3 is 2.76 bits per heavy atom. The first-order valence-corrected chi connectivity index (χ1v) is 8.25. The van der Waals surface area contributed by atoms with Crippen molar-refractivity contribution in [3.63, 3.8) is 0 Å². The predicted octanol–water partition coefficient (Wildman–Crippen LogP) is 0.961. The van der Waals surface area contributed by atoms with Crippen LogP contribution in [0.2, 0.25) is 0 Å². The van der Waals surface area contributed by atoms with E-state index in [0.717, 1.165) is 24.2 Å². The molecule has 1 aromatic carbocycles. The van der Waals surface area contributed by atoms with E-state index < -0.39 is 10.0 Å². The quantitative estimate of drug-likeness (QED) is 0.831. The van der Waals surface area contributed by atoms with Crippen LogP contribution in [0.4, 0.5) is 0 Å². The molecule has 0 aliphatic rings. The Balaban J connectivity index is 1.95. The molecule has 6 nitrogen and oxygen atoms in total. The summed E-state index contributed by atoms with van der Waals surface area (Å²) < 4.78 is 24.5. The number of nitrogens with zero attached hydrogens (tertiary/aromatic N) is 2. The fourth-order valence-electron chi connectivity index (χ4n) is 2.09. The molecule has 21 heavy (non-hydrogen) atoms. The summed E-state index contributed by atoms with van der Waals surface area (Å²) in [5.41, 5.74) is 1.91. The number of benzene rings is 1. The van der Waals surface area contributed by atoms with Crippen LogP contribution >= 0.6 is 0 Å². The van der Waals surface area contributed by atoms with E-state index in [2.05, 4.69) is 10.4 Å². The molecule has 0 saturated heterocycles. The molecule has 0 aliphatic carbocycles. The molecule has 1 unspecified atom stereocenters. The van der Waals surface area contributed by atoms with Gasteiger partial charge in [0.2, 0.25) is 10.0 Å². The average Bonchev–Trinajstić information content (AvgIpc) is 2.83. The normalized spacial score (nSPS) is 13.3. The maximum atomic E-state index is 11.4. The van der Waals surface area contributed by atoms with E-state index in [4.69, 9.17) is 5.14 Å². The number of rotatable bonds is 6. The van der Waals surface area contributed by atoms with Crippen LogP contribution < -0.4 is 10.5 Å². The maximum Gasteiger partial charge on any atom is 0.238 e. The molecule has 2 aromatic rings. The maximum absolute atomic E-state index is 11.4. The first kappa shape index (κ1) is 15.7. The number of sulfonamides is 1. The number of hydrogen-bond acceptors (Lipinski definition) is 4. The molecule has 0 spiro atoms. The zero-order valence-corrected chi connectivity index (χ0v) is 13.0. The zero-order chi connectivity index (χ0) is 15.5. The second-order valence-electron chi connectivity index (χ2n) is 5.02. The number of hydrogen-bond donors (Lipinski definition) is 2. The van der Waals surface area contributed by atoms with E-state index in [1.54, 1.807) is 16.8 Å². The summed E-state index contributed by atoms with van der Waals surface area (Å²) >= 11 is 0. The van der Waals surface area contributed by atoms with Gasteiger partial charge in [-0.2, -0.15) is 5.10 Å². The van der Waals surface area contributed by atoms with Gasteiger partial charge in [-0.1, -0.05) is 12.1 Å². The first-order valence-electron chi connectivity index (χ1n) is 6.71. The second-order valence-corrected chi connectivity index (χ2v) is 6.59. The van der Waals surface area contributed by atoms with Crippen molar-refractivity contribution in [2.24, 2.45) is 12.2 Å². The molecule has 0 saturated carbocycles. The number of nitrogens with two attached hydrogens (primary N) is 1. The Morgan fingerprint density at radius 2 is 2.14 bits per heavy atom. The van der Waals surface area contributed by atoms with Crippen molar-refractivity contribution < 1.29 is 8.42 Å². The topological polar surface area (TPSA) is 90.0 Å². The van der Waals surface area contributed by atoms with Crippen LogP contribution in [0.15, 0.2) is 41.4 Å². The SMILES string of the molecule is CC(NCCc1ccn(C)n1)c1cccc(S(N)(=O)=O)c1. The van der Waals surface area contributed by atoms with Crippen LogP contribution in [-0.2, 0) is 23.5 Å². The zero-order valence-electron chi connectivity index (χ0n) is 12.2. The molecular weight excluding hydrogens is 288 g/mol. The fourth-order valence-corrected chi connectivity index (χ4v) is 2.66. The van der Waals surface area contributed by atoms with Crippen LogP contribution in [0.3, 0.4) is 0 Å². The summed E-state index contributed by atoms with van der Waals surface area (Å²) in [5.74, 6) is 0. The summed E-state index contributed by atoms with van der Waals surface area (Å²) in [6.07, 6.45) is 2.73. The van der Waals surface area contributed by atoms with Crippen molar-refractivity contribution in [3.05, 3.63) is 47.8 Å². The Labute approximate surface area is 125 Å². The lowest BCUT2D eigenvalue weighted by atomic mass is 10.1. The van der Waals surface area contributed by atoms with Crippen LogP contribution in [0.1, 0.15) is 24.2 Å². The third-order valence-electron chi connectivity index (χ3n) is 3.29. The van der Waals surface area contributed by atoms with Gasteiger partial charge >= 0.3 is 0 Å². The molecule has 7 heteroatoms. The van der Waals surface area contributed by atoms with Crippen molar-refractivity contribution >= 4 is 10.0 Å². The lowest BCUT2D eigenvalue weighted by Gasteiger charge is -2.14. The Kier molecular flexibility index (Phi) is 4.76. The van der Waals surface area contributed by atoms with E-state index in [1.165, 1.54) is 6.07 Å². The van der Waals surface area contributed by atoms with Gasteiger partial charge in [0.05, 0.1) is 10.6 Å². The van der Waals surface area contributed by atoms with Gasteiger partial charge in [-0.3, -0.25) is 4.68 Å². The van der Waals surface area contributed by atoms with Gasteiger partial charge in [-0.15, -0.1) is 0 Å². The third kappa shape index (κ3) is 4.38. The van der Waals surface area contributed by atoms with E-state index in [1.807, 2.05) is 32.3 Å². The smallest absolute Gasteiger partial charge is 0.238 e. The third-order valence-corrected chi connectivity index (χ3v) is 4.20. The van der Waals surface area contributed by atoms with Crippen LogP contribution in [0, 0.1) is 0 Å². The first-order chi connectivity index (χ1) is 9.86. The lowest BCUT2D eigenvalue weighted by Crippen LogP contribution is -2.22. The molecule has 0 bridgehead atoms. The number of primary sulfonamides is 1. The Morgan fingerprint density at radius 1 is 1.38 bits per heavy atom. The van der Waals surface area contributed by atoms with Gasteiger partial charge in [0.15, 0.2) is 0 Å². The molecule has 1 atom stereocenters. The van der Waals surface area contributed by atoms with E-state index in [-0.39, 0.29) is 10.9 Å². The number of nitrogens with one attached hydrogen (secondary N) is 1. The molecule has 0 radical (unpaired) electrons. The molecule has 1 heterocycles. The summed E-state index contributed by atoms with van der Waals surface area (Å²) in [5, 5.41) is 12.8. The van der Waals surface area contributed by atoms with Gasteiger partial charge in [0, 0.05) is 32.3 Å². The van der Waals surface area contributed by atoms with Gasteiger partial charge in [0.1, 0.15) is 0 Å². The van der Waals surface area contributed by atoms with E-state index in [9.17, 15) is 8.42 Å². The molecule has 0 aliphatic heterocycles. The van der Waals surface area contributed by atoms with Gasteiger partial charge in [-0.05, 0) is 30.7 Å². The van der Waals surface area contributed by atoms with Crippen molar-refractivity contribution in [3.8, 4) is 0 Å². The Hall–Kier alpha value is -1.70.